The van der Waals surface area contributed by atoms with Gasteiger partial charge in [0.1, 0.15) is 16.8 Å². The van der Waals surface area contributed by atoms with Crippen LogP contribution in [-0.2, 0) is 0 Å². The quantitative estimate of drug-likeness (QED) is 0.714. The smallest absolute Gasteiger partial charge is 0.341 e. The van der Waals surface area contributed by atoms with Crippen molar-refractivity contribution in [1.29, 1.82) is 0 Å². The second kappa shape index (κ2) is 6.75. The Balaban J connectivity index is 1.68. The molecule has 0 atom stereocenters. The van der Waals surface area contributed by atoms with Gasteiger partial charge in [-0.1, -0.05) is 43.5 Å². The molecule has 5 heteroatoms. The van der Waals surface area contributed by atoms with E-state index in [2.05, 4.69) is 34.2 Å². The van der Waals surface area contributed by atoms with Crippen LogP contribution in [0.4, 0.5) is 0 Å². The van der Waals surface area contributed by atoms with E-state index in [1.54, 1.807) is 12.3 Å². The molecule has 0 saturated heterocycles. The second-order valence-corrected chi connectivity index (χ2v) is 6.84. The SMILES string of the molecule is O=C(O)c1c(O)ccc2nc(-c3ccc(C4CCCCC4)cc3)cnc12. The zero-order valence-electron chi connectivity index (χ0n) is 14.4. The molecule has 4 rings (SSSR count). The summed E-state index contributed by atoms with van der Waals surface area (Å²) in [5.74, 6) is -0.863. The molecule has 0 amide bonds. The average molecular weight is 348 g/mol. The van der Waals surface area contributed by atoms with E-state index in [0.29, 0.717) is 17.1 Å². The van der Waals surface area contributed by atoms with Crippen molar-refractivity contribution in [2.75, 3.05) is 0 Å². The van der Waals surface area contributed by atoms with Gasteiger partial charge in [0, 0.05) is 5.56 Å². The lowest BCUT2D eigenvalue weighted by atomic mass is 9.84. The summed E-state index contributed by atoms with van der Waals surface area (Å²) in [4.78, 5) is 20.1. The average Bonchev–Trinajstić information content (AvgIpc) is 2.68. The van der Waals surface area contributed by atoms with Crippen molar-refractivity contribution < 1.29 is 15.0 Å². The normalized spacial score (nSPS) is 15.2. The number of rotatable bonds is 3. The largest absolute Gasteiger partial charge is 0.507 e. The van der Waals surface area contributed by atoms with Crippen LogP contribution < -0.4 is 0 Å². The molecule has 0 bridgehead atoms. The molecule has 26 heavy (non-hydrogen) atoms. The van der Waals surface area contributed by atoms with Crippen LogP contribution in [0.3, 0.4) is 0 Å². The van der Waals surface area contributed by atoms with E-state index in [0.717, 1.165) is 5.56 Å². The van der Waals surface area contributed by atoms with Crippen LogP contribution in [0.5, 0.6) is 5.75 Å². The van der Waals surface area contributed by atoms with E-state index in [9.17, 15) is 15.0 Å². The number of carboxylic acid groups (broad SMARTS) is 1. The highest BCUT2D eigenvalue weighted by Gasteiger charge is 2.18. The fraction of sp³-hybridized carbons (Fsp3) is 0.286. The predicted octanol–water partition coefficient (Wildman–Crippen LogP) is 4.75. The maximum Gasteiger partial charge on any atom is 0.341 e. The minimum atomic E-state index is -1.22. The fourth-order valence-electron chi connectivity index (χ4n) is 3.79. The van der Waals surface area contributed by atoms with Crippen molar-refractivity contribution in [2.24, 2.45) is 0 Å². The Morgan fingerprint density at radius 2 is 1.73 bits per heavy atom. The lowest BCUT2D eigenvalue weighted by molar-refractivity contribution is 0.0695. The first-order valence-electron chi connectivity index (χ1n) is 8.96. The van der Waals surface area contributed by atoms with Gasteiger partial charge in [-0.25, -0.2) is 9.78 Å². The van der Waals surface area contributed by atoms with Gasteiger partial charge in [-0.15, -0.1) is 0 Å². The van der Waals surface area contributed by atoms with Crippen molar-refractivity contribution in [3.63, 3.8) is 0 Å². The third-order valence-electron chi connectivity index (χ3n) is 5.19. The van der Waals surface area contributed by atoms with Crippen LogP contribution in [0.1, 0.15) is 53.9 Å². The number of hydrogen-bond donors (Lipinski definition) is 2. The summed E-state index contributed by atoms with van der Waals surface area (Å²) in [5, 5.41) is 19.0. The van der Waals surface area contributed by atoms with E-state index in [1.165, 1.54) is 43.7 Å². The van der Waals surface area contributed by atoms with E-state index >= 15 is 0 Å². The molecular formula is C21H20N2O3. The van der Waals surface area contributed by atoms with Gasteiger partial charge < -0.3 is 10.2 Å². The maximum absolute atomic E-state index is 11.4. The highest BCUT2D eigenvalue weighted by Crippen LogP contribution is 2.33. The van der Waals surface area contributed by atoms with Gasteiger partial charge in [0.15, 0.2) is 0 Å². The monoisotopic (exact) mass is 348 g/mol. The van der Waals surface area contributed by atoms with Crippen molar-refractivity contribution in [3.05, 3.63) is 53.7 Å². The number of aromatic nitrogens is 2. The number of carboxylic acids is 1. The molecule has 0 spiro atoms. The molecule has 1 aliphatic carbocycles. The lowest BCUT2D eigenvalue weighted by Crippen LogP contribution is -2.04. The van der Waals surface area contributed by atoms with Gasteiger partial charge >= 0.3 is 5.97 Å². The Morgan fingerprint density at radius 3 is 2.42 bits per heavy atom. The van der Waals surface area contributed by atoms with Gasteiger partial charge in [0.25, 0.3) is 0 Å². The molecule has 1 heterocycles. The Kier molecular flexibility index (Phi) is 4.29. The van der Waals surface area contributed by atoms with Gasteiger partial charge in [0.2, 0.25) is 0 Å². The molecule has 3 aromatic rings. The molecule has 2 aromatic carbocycles. The van der Waals surface area contributed by atoms with Crippen molar-refractivity contribution in [2.45, 2.75) is 38.0 Å². The highest BCUT2D eigenvalue weighted by molar-refractivity contribution is 6.03. The molecule has 1 aromatic heterocycles. The minimum Gasteiger partial charge on any atom is -0.507 e. The summed E-state index contributed by atoms with van der Waals surface area (Å²) in [7, 11) is 0. The number of nitrogens with zero attached hydrogens (tertiary/aromatic N) is 2. The van der Waals surface area contributed by atoms with Crippen LogP contribution in [0.25, 0.3) is 22.3 Å². The summed E-state index contributed by atoms with van der Waals surface area (Å²) in [6, 6.07) is 11.4. The predicted molar refractivity (Wildman–Crippen MR) is 99.4 cm³/mol. The summed E-state index contributed by atoms with van der Waals surface area (Å²) in [6.45, 7) is 0. The zero-order chi connectivity index (χ0) is 18.1. The molecule has 5 nitrogen and oxygen atoms in total. The summed E-state index contributed by atoms with van der Waals surface area (Å²) < 4.78 is 0. The minimum absolute atomic E-state index is 0.195. The third-order valence-corrected chi connectivity index (χ3v) is 5.19. The summed E-state index contributed by atoms with van der Waals surface area (Å²) in [6.07, 6.45) is 8.04. The molecule has 0 unspecified atom stereocenters. The number of aromatic hydroxyl groups is 1. The number of hydrogen-bond acceptors (Lipinski definition) is 4. The maximum atomic E-state index is 11.4. The number of carbonyl (C=O) groups is 1. The van der Waals surface area contributed by atoms with E-state index in [1.807, 2.05) is 0 Å². The van der Waals surface area contributed by atoms with Crippen molar-refractivity contribution in [1.82, 2.24) is 9.97 Å². The molecule has 1 fully saturated rings. The van der Waals surface area contributed by atoms with Crippen molar-refractivity contribution >= 4 is 17.0 Å². The zero-order valence-corrected chi connectivity index (χ0v) is 14.4. The Labute approximate surface area is 151 Å². The number of fused-ring (bicyclic) bond motifs is 1. The fourth-order valence-corrected chi connectivity index (χ4v) is 3.79. The van der Waals surface area contributed by atoms with Crippen LogP contribution in [0.2, 0.25) is 0 Å². The molecule has 2 N–H and O–H groups in total. The molecule has 1 aliphatic rings. The van der Waals surface area contributed by atoms with Gasteiger partial charge in [-0.2, -0.15) is 0 Å². The van der Waals surface area contributed by atoms with E-state index in [-0.39, 0.29) is 16.8 Å². The first-order valence-corrected chi connectivity index (χ1v) is 8.96. The molecule has 132 valence electrons. The molecule has 1 saturated carbocycles. The molecule has 0 radical (unpaired) electrons. The van der Waals surface area contributed by atoms with Gasteiger partial charge in [-0.05, 0) is 36.5 Å². The van der Waals surface area contributed by atoms with Crippen LogP contribution >= 0.6 is 0 Å². The number of benzene rings is 2. The van der Waals surface area contributed by atoms with Gasteiger partial charge in [0.05, 0.1) is 17.4 Å². The third kappa shape index (κ3) is 3.01. The van der Waals surface area contributed by atoms with E-state index < -0.39 is 5.97 Å². The second-order valence-electron chi connectivity index (χ2n) is 6.84. The molecular weight excluding hydrogens is 328 g/mol. The number of aromatic carboxylic acids is 1. The van der Waals surface area contributed by atoms with E-state index in [4.69, 9.17) is 0 Å². The molecule has 0 aliphatic heterocycles. The standard InChI is InChI=1S/C21H20N2O3/c24-18-11-10-16-20(19(18)21(25)26)22-12-17(23-16)15-8-6-14(7-9-15)13-4-2-1-3-5-13/h6-13,24H,1-5H2,(H,25,26). The van der Waals surface area contributed by atoms with Crippen LogP contribution in [-0.4, -0.2) is 26.2 Å². The van der Waals surface area contributed by atoms with Crippen LogP contribution in [0.15, 0.2) is 42.6 Å². The first-order chi connectivity index (χ1) is 12.6. The van der Waals surface area contributed by atoms with Crippen LogP contribution in [0, 0.1) is 0 Å². The van der Waals surface area contributed by atoms with Crippen molar-refractivity contribution in [3.8, 4) is 17.0 Å². The first kappa shape index (κ1) is 16.5. The summed E-state index contributed by atoms with van der Waals surface area (Å²) in [5.41, 5.74) is 3.45. The van der Waals surface area contributed by atoms with Gasteiger partial charge in [-0.3, -0.25) is 4.98 Å². The summed E-state index contributed by atoms with van der Waals surface area (Å²) >= 11 is 0. The Morgan fingerprint density at radius 1 is 1.00 bits per heavy atom. The highest BCUT2D eigenvalue weighted by atomic mass is 16.4. The Bertz CT molecular complexity index is 961. The number of phenols is 1. The lowest BCUT2D eigenvalue weighted by Gasteiger charge is -2.22. The topological polar surface area (TPSA) is 83.3 Å². The Hall–Kier alpha value is -2.95.